The van der Waals surface area contributed by atoms with Crippen molar-refractivity contribution in [3.05, 3.63) is 54.3 Å². The topological polar surface area (TPSA) is 82.1 Å². The van der Waals surface area contributed by atoms with Gasteiger partial charge in [-0.2, -0.15) is 4.98 Å². The Kier molecular flexibility index (Phi) is 4.89. The molecular formula is C23H23FN6O. The minimum Gasteiger partial charge on any atom is -0.496 e. The molecule has 2 aromatic heterocycles. The summed E-state index contributed by atoms with van der Waals surface area (Å²) in [5.41, 5.74) is 8.98. The van der Waals surface area contributed by atoms with E-state index in [1.807, 2.05) is 24.3 Å². The average Bonchev–Trinajstić information content (AvgIpc) is 3.15. The molecule has 8 heteroatoms. The summed E-state index contributed by atoms with van der Waals surface area (Å²) in [5.74, 6) is 1.30. The largest absolute Gasteiger partial charge is 0.496 e. The van der Waals surface area contributed by atoms with Crippen molar-refractivity contribution in [1.82, 2.24) is 19.7 Å². The normalized spacial score (nSPS) is 14.2. The molecule has 0 aliphatic carbocycles. The first-order chi connectivity index (χ1) is 15.2. The highest BCUT2D eigenvalue weighted by Gasteiger charge is 2.23. The van der Waals surface area contributed by atoms with Crippen molar-refractivity contribution in [3.8, 4) is 22.7 Å². The minimum absolute atomic E-state index is 0.353. The van der Waals surface area contributed by atoms with Crippen LogP contribution in [-0.4, -0.2) is 39.9 Å². The van der Waals surface area contributed by atoms with E-state index < -0.39 is 0 Å². The van der Waals surface area contributed by atoms with Crippen molar-refractivity contribution in [1.29, 1.82) is 0 Å². The second kappa shape index (κ2) is 7.86. The van der Waals surface area contributed by atoms with Gasteiger partial charge in [0.1, 0.15) is 17.4 Å². The number of halogens is 1. The molecule has 4 aromatic rings. The van der Waals surface area contributed by atoms with Gasteiger partial charge in [-0.15, -0.1) is 5.10 Å². The number of benzene rings is 2. The van der Waals surface area contributed by atoms with Gasteiger partial charge >= 0.3 is 0 Å². The van der Waals surface area contributed by atoms with Crippen LogP contribution in [0.25, 0.3) is 28.0 Å². The monoisotopic (exact) mass is 418 g/mol. The summed E-state index contributed by atoms with van der Waals surface area (Å²) in [7, 11) is 1.63. The molecular weight excluding hydrogens is 395 g/mol. The Labute approximate surface area is 179 Å². The summed E-state index contributed by atoms with van der Waals surface area (Å²) in [4.78, 5) is 11.8. The Morgan fingerprint density at radius 1 is 1.00 bits per heavy atom. The number of nitrogen functional groups attached to an aromatic ring is 1. The molecule has 31 heavy (non-hydrogen) atoms. The number of hydrogen-bond donors (Lipinski definition) is 1. The van der Waals surface area contributed by atoms with E-state index in [0.29, 0.717) is 39.9 Å². The molecule has 0 saturated carbocycles. The molecule has 0 bridgehead atoms. The van der Waals surface area contributed by atoms with Crippen molar-refractivity contribution in [2.75, 3.05) is 30.8 Å². The summed E-state index contributed by atoms with van der Waals surface area (Å²) >= 11 is 0. The second-order valence-corrected chi connectivity index (χ2v) is 7.60. The third kappa shape index (κ3) is 3.43. The van der Waals surface area contributed by atoms with E-state index in [2.05, 4.69) is 10.00 Å². The zero-order valence-electron chi connectivity index (χ0n) is 17.3. The number of ether oxygens (including phenoxy) is 1. The van der Waals surface area contributed by atoms with E-state index in [1.165, 1.54) is 23.2 Å². The molecule has 1 aliphatic rings. The molecule has 0 spiro atoms. The summed E-state index contributed by atoms with van der Waals surface area (Å²) in [6.07, 6.45) is 3.41. The third-order valence-corrected chi connectivity index (χ3v) is 5.61. The first-order valence-corrected chi connectivity index (χ1v) is 10.4. The lowest BCUT2D eigenvalue weighted by Crippen LogP contribution is -2.31. The third-order valence-electron chi connectivity index (χ3n) is 5.61. The summed E-state index contributed by atoms with van der Waals surface area (Å²) < 4.78 is 21.0. The quantitative estimate of drug-likeness (QED) is 0.535. The van der Waals surface area contributed by atoms with Gasteiger partial charge in [-0.1, -0.05) is 18.2 Å². The highest BCUT2D eigenvalue weighted by atomic mass is 19.1. The van der Waals surface area contributed by atoms with Gasteiger partial charge in [0.05, 0.1) is 23.9 Å². The zero-order chi connectivity index (χ0) is 21.4. The molecule has 7 nitrogen and oxygen atoms in total. The number of fused-ring (bicyclic) bond motifs is 1. The molecule has 0 radical (unpaired) electrons. The van der Waals surface area contributed by atoms with Gasteiger partial charge in [0.2, 0.25) is 5.95 Å². The van der Waals surface area contributed by atoms with Crippen molar-refractivity contribution >= 4 is 22.8 Å². The van der Waals surface area contributed by atoms with Gasteiger partial charge in [0.15, 0.2) is 5.65 Å². The van der Waals surface area contributed by atoms with Gasteiger partial charge in [0.25, 0.3) is 0 Å². The van der Waals surface area contributed by atoms with E-state index in [1.54, 1.807) is 19.2 Å². The molecule has 0 atom stereocenters. The summed E-state index contributed by atoms with van der Waals surface area (Å²) in [5, 5.41) is 5.25. The highest BCUT2D eigenvalue weighted by molar-refractivity contribution is 6.00. The van der Waals surface area contributed by atoms with Crippen molar-refractivity contribution in [2.24, 2.45) is 0 Å². The van der Waals surface area contributed by atoms with E-state index >= 15 is 0 Å². The number of piperidine rings is 1. The fourth-order valence-electron chi connectivity index (χ4n) is 4.08. The SMILES string of the molecule is COc1ccccc1-c1nc(N2CCCCC2)nc2nn(-c3cccc(F)c3)c(N)c12. The molecule has 2 N–H and O–H groups in total. The Morgan fingerprint density at radius 3 is 2.58 bits per heavy atom. The fourth-order valence-corrected chi connectivity index (χ4v) is 4.08. The highest BCUT2D eigenvalue weighted by Crippen LogP contribution is 2.37. The standard InChI is InChI=1S/C23H23FN6O/c1-31-18-11-4-3-10-17(18)20-19-21(25)30(16-9-7-8-15(24)14-16)28-22(19)27-23(26-20)29-12-5-2-6-13-29/h3-4,7-11,14H,2,5-6,12-13,25H2,1H3. The maximum atomic E-state index is 13.9. The number of methoxy groups -OCH3 is 1. The van der Waals surface area contributed by atoms with Crippen LogP contribution in [0.4, 0.5) is 16.2 Å². The molecule has 2 aromatic carbocycles. The number of anilines is 2. The van der Waals surface area contributed by atoms with Gasteiger partial charge in [-0.25, -0.2) is 14.1 Å². The van der Waals surface area contributed by atoms with Crippen molar-refractivity contribution < 1.29 is 9.13 Å². The molecule has 0 amide bonds. The van der Waals surface area contributed by atoms with Crippen LogP contribution in [0.3, 0.4) is 0 Å². The van der Waals surface area contributed by atoms with Crippen LogP contribution in [0.5, 0.6) is 5.75 Å². The van der Waals surface area contributed by atoms with Crippen molar-refractivity contribution in [2.45, 2.75) is 19.3 Å². The van der Waals surface area contributed by atoms with E-state index in [9.17, 15) is 4.39 Å². The first-order valence-electron chi connectivity index (χ1n) is 10.4. The lowest BCUT2D eigenvalue weighted by atomic mass is 10.1. The summed E-state index contributed by atoms with van der Waals surface area (Å²) in [6, 6.07) is 13.8. The van der Waals surface area contributed by atoms with Crippen molar-refractivity contribution in [3.63, 3.8) is 0 Å². The lowest BCUT2D eigenvalue weighted by molar-refractivity contribution is 0.416. The van der Waals surface area contributed by atoms with Crippen LogP contribution in [-0.2, 0) is 0 Å². The maximum Gasteiger partial charge on any atom is 0.228 e. The van der Waals surface area contributed by atoms with E-state index in [-0.39, 0.29) is 5.82 Å². The first kappa shape index (κ1) is 19.3. The van der Waals surface area contributed by atoms with Gasteiger partial charge < -0.3 is 15.4 Å². The number of para-hydroxylation sites is 1. The van der Waals surface area contributed by atoms with Crippen LogP contribution in [0.2, 0.25) is 0 Å². The second-order valence-electron chi connectivity index (χ2n) is 7.60. The zero-order valence-corrected chi connectivity index (χ0v) is 17.3. The smallest absolute Gasteiger partial charge is 0.228 e. The molecule has 1 saturated heterocycles. The van der Waals surface area contributed by atoms with Gasteiger partial charge in [0, 0.05) is 18.7 Å². The molecule has 0 unspecified atom stereocenters. The van der Waals surface area contributed by atoms with Crippen LogP contribution in [0, 0.1) is 5.82 Å². The van der Waals surface area contributed by atoms with Crippen LogP contribution in [0.15, 0.2) is 48.5 Å². The Bertz CT molecular complexity index is 1250. The molecule has 1 fully saturated rings. The number of nitrogens with zero attached hydrogens (tertiary/aromatic N) is 5. The number of nitrogens with two attached hydrogens (primary N) is 1. The minimum atomic E-state index is -0.360. The van der Waals surface area contributed by atoms with Crippen LogP contribution in [0.1, 0.15) is 19.3 Å². The number of aromatic nitrogens is 4. The van der Waals surface area contributed by atoms with Crippen LogP contribution < -0.4 is 15.4 Å². The average molecular weight is 418 g/mol. The predicted molar refractivity (Wildman–Crippen MR) is 119 cm³/mol. The Balaban J connectivity index is 1.77. The number of rotatable bonds is 4. The predicted octanol–water partition coefficient (Wildman–Crippen LogP) is 4.20. The summed E-state index contributed by atoms with van der Waals surface area (Å²) in [6.45, 7) is 1.80. The van der Waals surface area contributed by atoms with E-state index in [0.717, 1.165) is 31.5 Å². The van der Waals surface area contributed by atoms with Gasteiger partial charge in [-0.05, 0) is 49.6 Å². The molecule has 1 aliphatic heterocycles. The lowest BCUT2D eigenvalue weighted by Gasteiger charge is -2.27. The number of hydrogen-bond acceptors (Lipinski definition) is 6. The molecule has 3 heterocycles. The Morgan fingerprint density at radius 2 is 1.81 bits per heavy atom. The fraction of sp³-hybridized carbons (Fsp3) is 0.261. The molecule has 5 rings (SSSR count). The maximum absolute atomic E-state index is 13.9. The Hall–Kier alpha value is -3.68. The van der Waals surface area contributed by atoms with Gasteiger partial charge in [-0.3, -0.25) is 0 Å². The van der Waals surface area contributed by atoms with Crippen LogP contribution >= 0.6 is 0 Å². The molecule has 158 valence electrons. The van der Waals surface area contributed by atoms with E-state index in [4.69, 9.17) is 20.4 Å².